The van der Waals surface area contributed by atoms with Gasteiger partial charge >= 0.3 is 0 Å². The molecule has 94 valence electrons. The molecule has 0 aromatic rings. The van der Waals surface area contributed by atoms with E-state index in [9.17, 15) is 0 Å². The number of piperazine rings is 1. The third-order valence-corrected chi connectivity index (χ3v) is 4.40. The molecule has 0 radical (unpaired) electrons. The Morgan fingerprint density at radius 1 is 1.31 bits per heavy atom. The van der Waals surface area contributed by atoms with Gasteiger partial charge in [-0.25, -0.2) is 0 Å². The van der Waals surface area contributed by atoms with Crippen molar-refractivity contribution in [2.45, 2.75) is 58.5 Å². The number of rotatable bonds is 4. The van der Waals surface area contributed by atoms with Gasteiger partial charge in [-0.2, -0.15) is 0 Å². The zero-order valence-corrected chi connectivity index (χ0v) is 11.4. The maximum absolute atomic E-state index is 3.67. The summed E-state index contributed by atoms with van der Waals surface area (Å²) in [6, 6.07) is 0.715. The van der Waals surface area contributed by atoms with Gasteiger partial charge in [-0.15, -0.1) is 0 Å². The van der Waals surface area contributed by atoms with Crippen molar-refractivity contribution in [2.75, 3.05) is 19.6 Å². The molecule has 0 bridgehead atoms. The second-order valence-corrected chi connectivity index (χ2v) is 6.65. The van der Waals surface area contributed by atoms with Crippen LogP contribution in [0.15, 0.2) is 0 Å². The van der Waals surface area contributed by atoms with Crippen LogP contribution in [-0.4, -0.2) is 36.1 Å². The summed E-state index contributed by atoms with van der Waals surface area (Å²) < 4.78 is 0. The summed E-state index contributed by atoms with van der Waals surface area (Å²) in [7, 11) is 0. The van der Waals surface area contributed by atoms with E-state index in [1.165, 1.54) is 38.9 Å². The van der Waals surface area contributed by atoms with E-state index >= 15 is 0 Å². The number of nitrogens with one attached hydrogen (secondary N) is 1. The molecule has 1 N–H and O–H groups in total. The molecule has 1 saturated heterocycles. The van der Waals surface area contributed by atoms with Crippen molar-refractivity contribution in [1.29, 1.82) is 0 Å². The van der Waals surface area contributed by atoms with Crippen LogP contribution in [-0.2, 0) is 0 Å². The van der Waals surface area contributed by atoms with Crippen molar-refractivity contribution in [3.05, 3.63) is 0 Å². The quantitative estimate of drug-likeness (QED) is 0.789. The van der Waals surface area contributed by atoms with E-state index in [0.717, 1.165) is 11.8 Å². The van der Waals surface area contributed by atoms with Gasteiger partial charge in [0, 0.05) is 31.2 Å². The van der Waals surface area contributed by atoms with Gasteiger partial charge in [-0.3, -0.25) is 4.90 Å². The van der Waals surface area contributed by atoms with Gasteiger partial charge in [0.05, 0.1) is 0 Å². The van der Waals surface area contributed by atoms with Crippen molar-refractivity contribution in [3.8, 4) is 0 Å². The van der Waals surface area contributed by atoms with Crippen LogP contribution in [0.5, 0.6) is 0 Å². The van der Waals surface area contributed by atoms with Gasteiger partial charge in [0.25, 0.3) is 0 Å². The summed E-state index contributed by atoms with van der Waals surface area (Å²) in [5.74, 6) is 1.77. The van der Waals surface area contributed by atoms with Crippen molar-refractivity contribution in [1.82, 2.24) is 10.2 Å². The van der Waals surface area contributed by atoms with E-state index in [0.29, 0.717) is 11.6 Å². The Morgan fingerprint density at radius 3 is 2.56 bits per heavy atom. The minimum absolute atomic E-state index is 0.442. The Labute approximate surface area is 101 Å². The molecule has 1 aliphatic heterocycles. The molecule has 2 nitrogen and oxygen atoms in total. The average molecular weight is 224 g/mol. The number of hydrogen-bond donors (Lipinski definition) is 1. The van der Waals surface area contributed by atoms with Crippen LogP contribution in [0.1, 0.15) is 47.0 Å². The minimum Gasteiger partial charge on any atom is -0.311 e. The SMILES string of the molecule is CC(C)CC1CN(C(C)(C)C2CC2)CCN1. The van der Waals surface area contributed by atoms with Gasteiger partial charge < -0.3 is 5.32 Å². The first-order valence-corrected chi connectivity index (χ1v) is 6.98. The highest BCUT2D eigenvalue weighted by Crippen LogP contribution is 2.43. The highest BCUT2D eigenvalue weighted by Gasteiger charge is 2.43. The third kappa shape index (κ3) is 2.78. The molecule has 1 aliphatic carbocycles. The smallest absolute Gasteiger partial charge is 0.0198 e. The molecule has 1 saturated carbocycles. The molecule has 0 spiro atoms. The zero-order chi connectivity index (χ0) is 11.8. The zero-order valence-electron chi connectivity index (χ0n) is 11.4. The molecule has 1 heterocycles. The summed E-state index contributed by atoms with van der Waals surface area (Å²) >= 11 is 0. The summed E-state index contributed by atoms with van der Waals surface area (Å²) in [5, 5.41) is 3.67. The molecule has 16 heavy (non-hydrogen) atoms. The van der Waals surface area contributed by atoms with Gasteiger partial charge in [0.1, 0.15) is 0 Å². The van der Waals surface area contributed by atoms with Gasteiger partial charge in [0.2, 0.25) is 0 Å². The summed E-state index contributed by atoms with van der Waals surface area (Å²) in [6.07, 6.45) is 4.22. The van der Waals surface area contributed by atoms with Crippen LogP contribution in [0, 0.1) is 11.8 Å². The fraction of sp³-hybridized carbons (Fsp3) is 1.00. The van der Waals surface area contributed by atoms with E-state index in [-0.39, 0.29) is 0 Å². The molecule has 2 fully saturated rings. The van der Waals surface area contributed by atoms with Crippen molar-refractivity contribution in [3.63, 3.8) is 0 Å². The maximum Gasteiger partial charge on any atom is 0.0198 e. The predicted molar refractivity (Wildman–Crippen MR) is 69.6 cm³/mol. The van der Waals surface area contributed by atoms with Gasteiger partial charge in [-0.1, -0.05) is 13.8 Å². The molecule has 1 unspecified atom stereocenters. The van der Waals surface area contributed by atoms with E-state index in [1.807, 2.05) is 0 Å². The highest BCUT2D eigenvalue weighted by molar-refractivity contribution is 4.98. The van der Waals surface area contributed by atoms with Crippen LogP contribution < -0.4 is 5.32 Å². The lowest BCUT2D eigenvalue weighted by Crippen LogP contribution is -2.58. The van der Waals surface area contributed by atoms with E-state index in [2.05, 4.69) is 37.9 Å². The lowest BCUT2D eigenvalue weighted by Gasteiger charge is -2.45. The second kappa shape index (κ2) is 4.66. The molecule has 2 rings (SSSR count). The Bertz CT molecular complexity index is 231. The van der Waals surface area contributed by atoms with E-state index in [4.69, 9.17) is 0 Å². The Balaban J connectivity index is 1.90. The lowest BCUT2D eigenvalue weighted by molar-refractivity contribution is 0.0613. The normalized spacial score (nSPS) is 28.7. The average Bonchev–Trinajstić information content (AvgIpc) is 3.00. The standard InChI is InChI=1S/C14H28N2/c1-11(2)9-13-10-16(8-7-15-13)14(3,4)12-5-6-12/h11-13,15H,5-10H2,1-4H3. The first kappa shape index (κ1) is 12.4. The Hall–Kier alpha value is -0.0800. The van der Waals surface area contributed by atoms with Crippen LogP contribution in [0.4, 0.5) is 0 Å². The van der Waals surface area contributed by atoms with Gasteiger partial charge in [-0.05, 0) is 44.9 Å². The molecule has 2 aliphatic rings. The molecule has 0 aromatic heterocycles. The highest BCUT2D eigenvalue weighted by atomic mass is 15.3. The monoisotopic (exact) mass is 224 g/mol. The molecule has 1 atom stereocenters. The van der Waals surface area contributed by atoms with E-state index < -0.39 is 0 Å². The fourth-order valence-electron chi connectivity index (χ4n) is 3.12. The Morgan fingerprint density at radius 2 is 2.00 bits per heavy atom. The molecule has 0 aromatic carbocycles. The fourth-order valence-corrected chi connectivity index (χ4v) is 3.12. The molecule has 2 heteroatoms. The minimum atomic E-state index is 0.442. The molecule has 0 amide bonds. The van der Waals surface area contributed by atoms with Crippen molar-refractivity contribution in [2.24, 2.45) is 11.8 Å². The molecular weight excluding hydrogens is 196 g/mol. The van der Waals surface area contributed by atoms with Crippen LogP contribution >= 0.6 is 0 Å². The van der Waals surface area contributed by atoms with Crippen LogP contribution in [0.3, 0.4) is 0 Å². The first-order valence-electron chi connectivity index (χ1n) is 6.98. The largest absolute Gasteiger partial charge is 0.311 e. The Kier molecular flexibility index (Phi) is 3.60. The summed E-state index contributed by atoms with van der Waals surface area (Å²) in [6.45, 7) is 13.2. The predicted octanol–water partition coefficient (Wildman–Crippen LogP) is 2.49. The number of hydrogen-bond acceptors (Lipinski definition) is 2. The first-order chi connectivity index (χ1) is 7.50. The molecular formula is C14H28N2. The van der Waals surface area contributed by atoms with Crippen molar-refractivity contribution < 1.29 is 0 Å². The lowest BCUT2D eigenvalue weighted by atomic mass is 9.92. The maximum atomic E-state index is 3.67. The summed E-state index contributed by atoms with van der Waals surface area (Å²) in [5.41, 5.74) is 0.442. The van der Waals surface area contributed by atoms with Crippen LogP contribution in [0.25, 0.3) is 0 Å². The second-order valence-electron chi connectivity index (χ2n) is 6.65. The number of nitrogens with zero attached hydrogens (tertiary/aromatic N) is 1. The van der Waals surface area contributed by atoms with Crippen molar-refractivity contribution >= 4 is 0 Å². The van der Waals surface area contributed by atoms with Gasteiger partial charge in [0.15, 0.2) is 0 Å². The third-order valence-electron chi connectivity index (χ3n) is 4.40. The van der Waals surface area contributed by atoms with E-state index in [1.54, 1.807) is 0 Å². The summed E-state index contributed by atoms with van der Waals surface area (Å²) in [4.78, 5) is 2.73. The van der Waals surface area contributed by atoms with Crippen LogP contribution in [0.2, 0.25) is 0 Å². The topological polar surface area (TPSA) is 15.3 Å².